The van der Waals surface area contributed by atoms with Crippen molar-refractivity contribution in [1.29, 1.82) is 0 Å². The van der Waals surface area contributed by atoms with E-state index in [2.05, 4.69) is 9.82 Å². The zero-order valence-corrected chi connectivity index (χ0v) is 11.1. The number of fused-ring (bicyclic) bond motifs is 1. The van der Waals surface area contributed by atoms with Gasteiger partial charge in [-0.2, -0.15) is 5.10 Å². The number of aromatic nitrogens is 2. The number of sulfonamides is 1. The first-order valence-corrected chi connectivity index (χ1v) is 7.84. The average Bonchev–Trinajstić information content (AvgIpc) is 2.99. The van der Waals surface area contributed by atoms with Gasteiger partial charge in [0.15, 0.2) is 0 Å². The monoisotopic (exact) mass is 281 g/mol. The number of anilines is 1. The molecule has 3 rings (SSSR count). The van der Waals surface area contributed by atoms with E-state index >= 15 is 0 Å². The molecule has 1 unspecified atom stereocenters. The zero-order valence-electron chi connectivity index (χ0n) is 10.3. The summed E-state index contributed by atoms with van der Waals surface area (Å²) < 4.78 is 33.7. The van der Waals surface area contributed by atoms with E-state index in [0.717, 1.165) is 18.4 Å². The Morgan fingerprint density at radius 3 is 3.16 bits per heavy atom. The van der Waals surface area contributed by atoms with Crippen molar-refractivity contribution in [2.24, 2.45) is 0 Å². The van der Waals surface area contributed by atoms with Gasteiger partial charge >= 0.3 is 0 Å². The molecular formula is C12H15N3O3S. The molecule has 102 valence electrons. The van der Waals surface area contributed by atoms with Gasteiger partial charge < -0.3 is 4.74 Å². The summed E-state index contributed by atoms with van der Waals surface area (Å²) in [7, 11) is -3.41. The van der Waals surface area contributed by atoms with E-state index in [9.17, 15) is 8.42 Å². The topological polar surface area (TPSA) is 72.7 Å². The number of hydrogen-bond donors (Lipinski definition) is 1. The van der Waals surface area contributed by atoms with Crippen molar-refractivity contribution in [3.05, 3.63) is 30.6 Å². The molecule has 0 radical (unpaired) electrons. The Bertz CT molecular complexity index is 674. The molecule has 0 aromatic carbocycles. The van der Waals surface area contributed by atoms with Crippen LogP contribution in [0.25, 0.3) is 5.52 Å². The summed E-state index contributed by atoms with van der Waals surface area (Å²) in [5.74, 6) is -0.00280. The molecule has 19 heavy (non-hydrogen) atoms. The van der Waals surface area contributed by atoms with Gasteiger partial charge in [-0.05, 0) is 25.0 Å². The minimum absolute atomic E-state index is 0.00280. The molecule has 1 saturated heterocycles. The molecular weight excluding hydrogens is 266 g/mol. The lowest BCUT2D eigenvalue weighted by Gasteiger charge is -2.11. The first kappa shape index (κ1) is 12.4. The lowest BCUT2D eigenvalue weighted by molar-refractivity contribution is 0.127. The summed E-state index contributed by atoms with van der Waals surface area (Å²) in [6.07, 6.45) is 4.82. The van der Waals surface area contributed by atoms with Gasteiger partial charge in [0, 0.05) is 12.8 Å². The third-order valence-electron chi connectivity index (χ3n) is 3.12. The third-order valence-corrected chi connectivity index (χ3v) is 4.46. The maximum Gasteiger partial charge on any atom is 0.235 e. The molecule has 0 aliphatic carbocycles. The van der Waals surface area contributed by atoms with E-state index in [1.54, 1.807) is 10.7 Å². The summed E-state index contributed by atoms with van der Waals surface area (Å²) in [4.78, 5) is 0. The molecule has 0 saturated carbocycles. The van der Waals surface area contributed by atoms with Crippen LogP contribution in [0.3, 0.4) is 0 Å². The molecule has 2 aromatic heterocycles. The fourth-order valence-corrected chi connectivity index (χ4v) is 3.57. The van der Waals surface area contributed by atoms with Crippen LogP contribution < -0.4 is 4.72 Å². The highest BCUT2D eigenvalue weighted by Crippen LogP contribution is 2.19. The maximum atomic E-state index is 12.1. The fourth-order valence-electron chi connectivity index (χ4n) is 2.24. The Balaban J connectivity index is 1.79. The first-order chi connectivity index (χ1) is 9.14. The number of nitrogens with zero attached hydrogens (tertiary/aromatic N) is 2. The number of nitrogens with one attached hydrogen (secondary N) is 1. The normalized spacial score (nSPS) is 19.9. The van der Waals surface area contributed by atoms with E-state index in [0.29, 0.717) is 12.3 Å². The second kappa shape index (κ2) is 4.82. The van der Waals surface area contributed by atoms with Gasteiger partial charge in [-0.25, -0.2) is 12.9 Å². The molecule has 6 nitrogen and oxygen atoms in total. The van der Waals surface area contributed by atoms with Gasteiger partial charge in [-0.1, -0.05) is 6.07 Å². The minimum atomic E-state index is -3.41. The van der Waals surface area contributed by atoms with Crippen LogP contribution in [0.15, 0.2) is 30.6 Å². The van der Waals surface area contributed by atoms with Crippen molar-refractivity contribution < 1.29 is 13.2 Å². The highest BCUT2D eigenvalue weighted by Gasteiger charge is 2.24. The Labute approximate surface area is 111 Å². The van der Waals surface area contributed by atoms with E-state index in [4.69, 9.17) is 4.74 Å². The molecule has 2 aromatic rings. The molecule has 0 bridgehead atoms. The number of rotatable bonds is 4. The standard InChI is InChI=1S/C12H15N3O3S/c16-19(17,9-10-4-3-7-18-10)14-11-8-13-15-6-2-1-5-12(11)15/h1-2,5-6,8,10,14H,3-4,7,9H2. The Morgan fingerprint density at radius 2 is 2.37 bits per heavy atom. The number of ether oxygens (including phenoxy) is 1. The van der Waals surface area contributed by atoms with Crippen molar-refractivity contribution in [1.82, 2.24) is 9.61 Å². The van der Waals surface area contributed by atoms with E-state index < -0.39 is 10.0 Å². The van der Waals surface area contributed by atoms with Crippen molar-refractivity contribution in [2.75, 3.05) is 17.1 Å². The first-order valence-electron chi connectivity index (χ1n) is 6.18. The van der Waals surface area contributed by atoms with Gasteiger partial charge in [0.25, 0.3) is 0 Å². The van der Waals surface area contributed by atoms with Gasteiger partial charge in [-0.3, -0.25) is 4.72 Å². The van der Waals surface area contributed by atoms with Gasteiger partial charge in [0.1, 0.15) is 0 Å². The summed E-state index contributed by atoms with van der Waals surface area (Å²) in [5.41, 5.74) is 1.23. The molecule has 1 fully saturated rings. The van der Waals surface area contributed by atoms with E-state index in [1.807, 2.05) is 18.2 Å². The van der Waals surface area contributed by atoms with Crippen LogP contribution in [0.1, 0.15) is 12.8 Å². The van der Waals surface area contributed by atoms with Gasteiger partial charge in [0.05, 0.1) is 29.3 Å². The van der Waals surface area contributed by atoms with Gasteiger partial charge in [0.2, 0.25) is 10.0 Å². The van der Waals surface area contributed by atoms with Crippen molar-refractivity contribution in [3.8, 4) is 0 Å². The molecule has 1 N–H and O–H groups in total. The molecule has 1 atom stereocenters. The molecule has 0 amide bonds. The smallest absolute Gasteiger partial charge is 0.235 e. The molecule has 1 aliphatic heterocycles. The van der Waals surface area contributed by atoms with Crippen LogP contribution >= 0.6 is 0 Å². The van der Waals surface area contributed by atoms with Crippen LogP contribution in [-0.4, -0.2) is 36.5 Å². The summed E-state index contributed by atoms with van der Waals surface area (Å²) >= 11 is 0. The maximum absolute atomic E-state index is 12.1. The van der Waals surface area contributed by atoms with E-state index in [-0.39, 0.29) is 11.9 Å². The SMILES string of the molecule is O=S(=O)(CC1CCCO1)Nc1cnn2ccccc12. The van der Waals surface area contributed by atoms with Gasteiger partial charge in [-0.15, -0.1) is 0 Å². The Kier molecular flexibility index (Phi) is 3.16. The lowest BCUT2D eigenvalue weighted by atomic mass is 10.3. The zero-order chi connectivity index (χ0) is 13.3. The van der Waals surface area contributed by atoms with Crippen molar-refractivity contribution in [2.45, 2.75) is 18.9 Å². The quantitative estimate of drug-likeness (QED) is 0.915. The molecule has 0 spiro atoms. The molecule has 3 heterocycles. The lowest BCUT2D eigenvalue weighted by Crippen LogP contribution is -2.25. The number of pyridine rings is 1. The van der Waals surface area contributed by atoms with Crippen LogP contribution in [0.5, 0.6) is 0 Å². The van der Waals surface area contributed by atoms with Crippen molar-refractivity contribution in [3.63, 3.8) is 0 Å². The second-order valence-corrected chi connectivity index (χ2v) is 6.37. The highest BCUT2D eigenvalue weighted by atomic mass is 32.2. The predicted octanol–water partition coefficient (Wildman–Crippen LogP) is 1.25. The Hall–Kier alpha value is -1.60. The van der Waals surface area contributed by atoms with Crippen LogP contribution in [0, 0.1) is 0 Å². The minimum Gasteiger partial charge on any atom is -0.377 e. The predicted molar refractivity (Wildman–Crippen MR) is 71.6 cm³/mol. The van der Waals surface area contributed by atoms with Crippen LogP contribution in [0.2, 0.25) is 0 Å². The van der Waals surface area contributed by atoms with E-state index in [1.165, 1.54) is 6.20 Å². The Morgan fingerprint density at radius 1 is 1.47 bits per heavy atom. The summed E-state index contributed by atoms with van der Waals surface area (Å²) in [6.45, 7) is 0.650. The third kappa shape index (κ3) is 2.71. The fraction of sp³-hybridized carbons (Fsp3) is 0.417. The average molecular weight is 281 g/mol. The second-order valence-electron chi connectivity index (χ2n) is 4.61. The van der Waals surface area contributed by atoms with Crippen LogP contribution in [-0.2, 0) is 14.8 Å². The van der Waals surface area contributed by atoms with Crippen molar-refractivity contribution >= 4 is 21.2 Å². The largest absolute Gasteiger partial charge is 0.377 e. The highest BCUT2D eigenvalue weighted by molar-refractivity contribution is 7.92. The summed E-state index contributed by atoms with van der Waals surface area (Å²) in [5, 5.41) is 4.09. The summed E-state index contributed by atoms with van der Waals surface area (Å²) in [6, 6.07) is 5.50. The van der Waals surface area contributed by atoms with Crippen LogP contribution in [0.4, 0.5) is 5.69 Å². The molecule has 1 aliphatic rings. The molecule has 7 heteroatoms. The number of hydrogen-bond acceptors (Lipinski definition) is 4.